The Morgan fingerprint density at radius 2 is 2.22 bits per heavy atom. The molecule has 1 fully saturated rings. The lowest BCUT2D eigenvalue weighted by molar-refractivity contribution is -0.126. The zero-order valence-electron chi connectivity index (χ0n) is 12.3. The van der Waals surface area contributed by atoms with Gasteiger partial charge in [0.05, 0.1) is 0 Å². The maximum Gasteiger partial charge on any atom is 0.223 e. The average molecular weight is 255 g/mol. The Kier molecular flexibility index (Phi) is 6.65. The molecule has 0 radical (unpaired) electrons. The van der Waals surface area contributed by atoms with Crippen molar-refractivity contribution in [3.8, 4) is 0 Å². The summed E-state index contributed by atoms with van der Waals surface area (Å²) in [6, 6.07) is 1.05. The first-order valence-corrected chi connectivity index (χ1v) is 7.22. The lowest BCUT2D eigenvalue weighted by atomic mass is 9.92. The van der Waals surface area contributed by atoms with E-state index in [2.05, 4.69) is 43.4 Å². The molecule has 106 valence electrons. The zero-order valence-corrected chi connectivity index (χ0v) is 12.3. The number of rotatable bonds is 6. The van der Waals surface area contributed by atoms with Crippen LogP contribution in [0.25, 0.3) is 0 Å². The monoisotopic (exact) mass is 255 g/mol. The first-order valence-electron chi connectivity index (χ1n) is 7.22. The van der Waals surface area contributed by atoms with Gasteiger partial charge in [0.2, 0.25) is 5.91 Å². The largest absolute Gasteiger partial charge is 0.356 e. The van der Waals surface area contributed by atoms with Crippen molar-refractivity contribution >= 4 is 5.91 Å². The van der Waals surface area contributed by atoms with E-state index in [0.717, 1.165) is 38.9 Å². The number of amides is 1. The minimum atomic E-state index is 0.212. The molecule has 4 heteroatoms. The fourth-order valence-corrected chi connectivity index (χ4v) is 2.31. The number of carbonyl (C=O) groups is 1. The van der Waals surface area contributed by atoms with Crippen molar-refractivity contribution in [2.75, 3.05) is 26.7 Å². The summed E-state index contributed by atoms with van der Waals surface area (Å²) < 4.78 is 0. The number of nitrogens with one attached hydrogen (secondary N) is 2. The standard InChI is InChI=1S/C14H29N3O/c1-11(2)17(4)9-5-7-16-14(18)13-6-8-15-12(3)10-13/h11-13,15H,5-10H2,1-4H3,(H,16,18). The highest BCUT2D eigenvalue weighted by molar-refractivity contribution is 5.78. The molecule has 1 aliphatic heterocycles. The predicted molar refractivity (Wildman–Crippen MR) is 75.6 cm³/mol. The molecule has 0 aliphatic carbocycles. The van der Waals surface area contributed by atoms with Crippen LogP contribution < -0.4 is 10.6 Å². The van der Waals surface area contributed by atoms with E-state index in [1.54, 1.807) is 0 Å². The summed E-state index contributed by atoms with van der Waals surface area (Å²) in [7, 11) is 2.13. The van der Waals surface area contributed by atoms with Crippen LogP contribution in [0.3, 0.4) is 0 Å². The molecule has 0 saturated carbocycles. The fourth-order valence-electron chi connectivity index (χ4n) is 2.31. The zero-order chi connectivity index (χ0) is 13.5. The van der Waals surface area contributed by atoms with Gasteiger partial charge in [-0.2, -0.15) is 0 Å². The number of carbonyl (C=O) groups excluding carboxylic acids is 1. The summed E-state index contributed by atoms with van der Waals surface area (Å²) in [5, 5.41) is 6.45. The van der Waals surface area contributed by atoms with Crippen molar-refractivity contribution in [2.45, 2.75) is 52.1 Å². The molecule has 1 aliphatic rings. The predicted octanol–water partition coefficient (Wildman–Crippen LogP) is 1.22. The summed E-state index contributed by atoms with van der Waals surface area (Å²) >= 11 is 0. The summed E-state index contributed by atoms with van der Waals surface area (Å²) in [5.41, 5.74) is 0. The molecule has 4 nitrogen and oxygen atoms in total. The SMILES string of the molecule is CC1CC(C(=O)NCCCN(C)C(C)C)CCN1. The maximum absolute atomic E-state index is 12.0. The van der Waals surface area contributed by atoms with Crippen molar-refractivity contribution in [2.24, 2.45) is 5.92 Å². The quantitative estimate of drug-likeness (QED) is 0.702. The van der Waals surface area contributed by atoms with Crippen molar-refractivity contribution in [1.82, 2.24) is 15.5 Å². The van der Waals surface area contributed by atoms with Gasteiger partial charge in [0, 0.05) is 24.5 Å². The first kappa shape index (κ1) is 15.4. The van der Waals surface area contributed by atoms with Crippen molar-refractivity contribution in [1.29, 1.82) is 0 Å². The molecule has 2 atom stereocenters. The second kappa shape index (κ2) is 7.74. The normalized spacial score (nSPS) is 24.6. The summed E-state index contributed by atoms with van der Waals surface area (Å²) in [6.45, 7) is 9.34. The molecule has 2 N–H and O–H groups in total. The minimum Gasteiger partial charge on any atom is -0.356 e. The number of hydrogen-bond donors (Lipinski definition) is 2. The number of hydrogen-bond acceptors (Lipinski definition) is 3. The average Bonchev–Trinajstić information content (AvgIpc) is 2.33. The third-order valence-electron chi connectivity index (χ3n) is 3.86. The molecular weight excluding hydrogens is 226 g/mol. The van der Waals surface area contributed by atoms with Gasteiger partial charge in [-0.05, 0) is 60.2 Å². The van der Waals surface area contributed by atoms with Crippen molar-refractivity contribution in [3.63, 3.8) is 0 Å². The highest BCUT2D eigenvalue weighted by atomic mass is 16.1. The van der Waals surface area contributed by atoms with Gasteiger partial charge in [0.1, 0.15) is 0 Å². The van der Waals surface area contributed by atoms with Crippen LogP contribution >= 0.6 is 0 Å². The third kappa shape index (κ3) is 5.36. The van der Waals surface area contributed by atoms with E-state index in [4.69, 9.17) is 0 Å². The highest BCUT2D eigenvalue weighted by Crippen LogP contribution is 2.15. The molecule has 1 amide bonds. The lowest BCUT2D eigenvalue weighted by Crippen LogP contribution is -2.42. The van der Waals surface area contributed by atoms with E-state index in [1.807, 2.05) is 0 Å². The molecular formula is C14H29N3O. The third-order valence-corrected chi connectivity index (χ3v) is 3.86. The van der Waals surface area contributed by atoms with E-state index in [0.29, 0.717) is 12.1 Å². The molecule has 0 spiro atoms. The first-order chi connectivity index (χ1) is 8.50. The van der Waals surface area contributed by atoms with Gasteiger partial charge in [-0.25, -0.2) is 0 Å². The molecule has 2 unspecified atom stereocenters. The van der Waals surface area contributed by atoms with E-state index < -0.39 is 0 Å². The Balaban J connectivity index is 2.13. The van der Waals surface area contributed by atoms with Crippen molar-refractivity contribution in [3.05, 3.63) is 0 Å². The molecule has 18 heavy (non-hydrogen) atoms. The van der Waals surface area contributed by atoms with Gasteiger partial charge in [0.25, 0.3) is 0 Å². The fraction of sp³-hybridized carbons (Fsp3) is 0.929. The smallest absolute Gasteiger partial charge is 0.223 e. The van der Waals surface area contributed by atoms with Crippen LogP contribution in [0.5, 0.6) is 0 Å². The second-order valence-electron chi connectivity index (χ2n) is 5.80. The Bertz CT molecular complexity index is 255. The van der Waals surface area contributed by atoms with Gasteiger partial charge < -0.3 is 15.5 Å². The van der Waals surface area contributed by atoms with Crippen LogP contribution in [-0.4, -0.2) is 49.6 Å². The Labute approximate surface area is 111 Å². The minimum absolute atomic E-state index is 0.212. The summed E-state index contributed by atoms with van der Waals surface area (Å²) in [4.78, 5) is 14.3. The molecule has 0 aromatic rings. The van der Waals surface area contributed by atoms with E-state index in [9.17, 15) is 4.79 Å². The van der Waals surface area contributed by atoms with Gasteiger partial charge in [0.15, 0.2) is 0 Å². The molecule has 0 bridgehead atoms. The maximum atomic E-state index is 12.0. The van der Waals surface area contributed by atoms with Crippen LogP contribution in [-0.2, 0) is 4.79 Å². The lowest BCUT2D eigenvalue weighted by Gasteiger charge is -2.27. The molecule has 1 rings (SSSR count). The van der Waals surface area contributed by atoms with Gasteiger partial charge >= 0.3 is 0 Å². The van der Waals surface area contributed by atoms with Crippen LogP contribution in [0.4, 0.5) is 0 Å². The van der Waals surface area contributed by atoms with Crippen LogP contribution in [0.1, 0.15) is 40.0 Å². The topological polar surface area (TPSA) is 44.4 Å². The molecule has 1 heterocycles. The van der Waals surface area contributed by atoms with Crippen LogP contribution in [0, 0.1) is 5.92 Å². The van der Waals surface area contributed by atoms with Crippen LogP contribution in [0.15, 0.2) is 0 Å². The number of piperidine rings is 1. The second-order valence-corrected chi connectivity index (χ2v) is 5.80. The van der Waals surface area contributed by atoms with Crippen molar-refractivity contribution < 1.29 is 4.79 Å². The van der Waals surface area contributed by atoms with Gasteiger partial charge in [-0.15, -0.1) is 0 Å². The van der Waals surface area contributed by atoms with Crippen LogP contribution in [0.2, 0.25) is 0 Å². The van der Waals surface area contributed by atoms with Gasteiger partial charge in [-0.3, -0.25) is 4.79 Å². The summed E-state index contributed by atoms with van der Waals surface area (Å²) in [5.74, 6) is 0.458. The Morgan fingerprint density at radius 1 is 1.50 bits per heavy atom. The molecule has 1 saturated heterocycles. The summed E-state index contributed by atoms with van der Waals surface area (Å²) in [6.07, 6.45) is 2.97. The van der Waals surface area contributed by atoms with E-state index >= 15 is 0 Å². The molecule has 0 aromatic heterocycles. The Hall–Kier alpha value is -0.610. The number of nitrogens with zero attached hydrogens (tertiary/aromatic N) is 1. The van der Waals surface area contributed by atoms with E-state index in [1.165, 1.54) is 0 Å². The Morgan fingerprint density at radius 3 is 2.83 bits per heavy atom. The highest BCUT2D eigenvalue weighted by Gasteiger charge is 2.24. The van der Waals surface area contributed by atoms with E-state index in [-0.39, 0.29) is 11.8 Å². The van der Waals surface area contributed by atoms with Gasteiger partial charge in [-0.1, -0.05) is 0 Å². The molecule has 0 aromatic carbocycles.